The first-order valence-electron chi connectivity index (χ1n) is 7.49. The summed E-state index contributed by atoms with van der Waals surface area (Å²) >= 11 is 12.0. The van der Waals surface area contributed by atoms with Gasteiger partial charge in [0, 0.05) is 15.6 Å². The van der Waals surface area contributed by atoms with Crippen molar-refractivity contribution in [3.8, 4) is 11.8 Å². The fourth-order valence-electron chi connectivity index (χ4n) is 2.05. The summed E-state index contributed by atoms with van der Waals surface area (Å²) in [7, 11) is 0. The summed E-state index contributed by atoms with van der Waals surface area (Å²) in [5, 5.41) is 10.3. The van der Waals surface area contributed by atoms with Gasteiger partial charge in [0.05, 0.1) is 6.61 Å². The molecule has 0 heterocycles. The second kappa shape index (κ2) is 9.12. The molecule has 0 bridgehead atoms. The summed E-state index contributed by atoms with van der Waals surface area (Å²) in [5.74, 6) is -0.202. The van der Waals surface area contributed by atoms with Gasteiger partial charge in [0.15, 0.2) is 0 Å². The van der Waals surface area contributed by atoms with Crippen molar-refractivity contribution in [3.63, 3.8) is 0 Å². The van der Waals surface area contributed by atoms with E-state index in [9.17, 15) is 10.1 Å². The summed E-state index contributed by atoms with van der Waals surface area (Å²) < 4.78 is 10.7. The molecule has 0 atom stereocenters. The van der Waals surface area contributed by atoms with Crippen LogP contribution in [0.4, 0.5) is 0 Å². The maximum Gasteiger partial charge on any atom is 0.348 e. The zero-order chi connectivity index (χ0) is 18.2. The van der Waals surface area contributed by atoms with Gasteiger partial charge in [0.2, 0.25) is 0 Å². The van der Waals surface area contributed by atoms with Crippen LogP contribution in [0.1, 0.15) is 18.1 Å². The third kappa shape index (κ3) is 5.53. The van der Waals surface area contributed by atoms with E-state index in [4.69, 9.17) is 32.7 Å². The molecular weight excluding hydrogens is 361 g/mol. The average Bonchev–Trinajstić information content (AvgIpc) is 2.59. The first-order chi connectivity index (χ1) is 12.0. The summed E-state index contributed by atoms with van der Waals surface area (Å²) in [5.41, 5.74) is 1.28. The van der Waals surface area contributed by atoms with Crippen LogP contribution in [0, 0.1) is 11.3 Å². The lowest BCUT2D eigenvalue weighted by atomic mass is 10.1. The Kier molecular flexibility index (Phi) is 6.88. The molecule has 0 fully saturated rings. The minimum Gasteiger partial charge on any atom is -0.488 e. The second-order valence-corrected chi connectivity index (χ2v) is 5.86. The van der Waals surface area contributed by atoms with Gasteiger partial charge in [-0.2, -0.15) is 5.26 Å². The van der Waals surface area contributed by atoms with Crippen LogP contribution < -0.4 is 4.74 Å². The lowest BCUT2D eigenvalue weighted by Gasteiger charge is -2.10. The number of carbonyl (C=O) groups excluding carboxylic acids is 1. The van der Waals surface area contributed by atoms with Gasteiger partial charge in [-0.15, -0.1) is 0 Å². The normalized spacial score (nSPS) is 10.9. The predicted octanol–water partition coefficient (Wildman–Crippen LogP) is 5.04. The number of hydrogen-bond acceptors (Lipinski definition) is 4. The number of halogens is 2. The van der Waals surface area contributed by atoms with E-state index in [1.807, 2.05) is 18.2 Å². The highest BCUT2D eigenvalue weighted by Gasteiger charge is 2.12. The largest absolute Gasteiger partial charge is 0.488 e. The van der Waals surface area contributed by atoms with Crippen molar-refractivity contribution in [3.05, 3.63) is 69.2 Å². The summed E-state index contributed by atoms with van der Waals surface area (Å²) in [4.78, 5) is 11.8. The van der Waals surface area contributed by atoms with E-state index < -0.39 is 5.97 Å². The Morgan fingerprint density at radius 1 is 1.20 bits per heavy atom. The predicted molar refractivity (Wildman–Crippen MR) is 97.5 cm³/mol. The zero-order valence-electron chi connectivity index (χ0n) is 13.5. The molecule has 2 aromatic carbocycles. The van der Waals surface area contributed by atoms with E-state index in [-0.39, 0.29) is 18.8 Å². The van der Waals surface area contributed by atoms with Crippen LogP contribution in [0.2, 0.25) is 10.0 Å². The molecule has 128 valence electrons. The molecule has 0 aromatic heterocycles. The van der Waals surface area contributed by atoms with Gasteiger partial charge >= 0.3 is 5.97 Å². The Morgan fingerprint density at radius 3 is 2.64 bits per heavy atom. The molecule has 0 aliphatic carbocycles. The number of rotatable bonds is 6. The summed E-state index contributed by atoms with van der Waals surface area (Å²) in [6.45, 7) is 2.14. The minimum absolute atomic E-state index is 0.128. The number of carbonyl (C=O) groups is 1. The molecule has 25 heavy (non-hydrogen) atoms. The lowest BCUT2D eigenvalue weighted by Crippen LogP contribution is -2.06. The molecule has 0 aliphatic heterocycles. The van der Waals surface area contributed by atoms with Crippen molar-refractivity contribution >= 4 is 35.2 Å². The Balaban J connectivity index is 2.27. The van der Waals surface area contributed by atoms with Gasteiger partial charge in [-0.25, -0.2) is 4.79 Å². The third-order valence-electron chi connectivity index (χ3n) is 3.17. The summed E-state index contributed by atoms with van der Waals surface area (Å²) in [6.07, 6.45) is 1.40. The Morgan fingerprint density at radius 2 is 1.96 bits per heavy atom. The van der Waals surface area contributed by atoms with Crippen LogP contribution in [0.25, 0.3) is 6.08 Å². The van der Waals surface area contributed by atoms with Gasteiger partial charge in [0.25, 0.3) is 0 Å². The molecule has 0 saturated carbocycles. The highest BCUT2D eigenvalue weighted by atomic mass is 35.5. The van der Waals surface area contributed by atoms with Crippen molar-refractivity contribution < 1.29 is 14.3 Å². The first kappa shape index (κ1) is 18.9. The highest BCUT2D eigenvalue weighted by molar-refractivity contribution is 6.31. The molecule has 0 aliphatic rings. The molecule has 0 amide bonds. The van der Waals surface area contributed by atoms with Crippen LogP contribution in [-0.4, -0.2) is 12.6 Å². The van der Waals surface area contributed by atoms with E-state index in [0.717, 1.165) is 5.56 Å². The van der Waals surface area contributed by atoms with Crippen LogP contribution in [0.3, 0.4) is 0 Å². The Bertz CT molecular complexity index is 841. The Labute approximate surface area is 156 Å². The molecular formula is C19H15Cl2NO3. The van der Waals surface area contributed by atoms with Gasteiger partial charge < -0.3 is 9.47 Å². The number of benzene rings is 2. The van der Waals surface area contributed by atoms with E-state index in [2.05, 4.69) is 0 Å². The first-order valence-corrected chi connectivity index (χ1v) is 8.24. The number of ether oxygens (including phenoxy) is 2. The monoisotopic (exact) mass is 375 g/mol. The van der Waals surface area contributed by atoms with Gasteiger partial charge in [0.1, 0.15) is 24.0 Å². The van der Waals surface area contributed by atoms with Gasteiger partial charge in [-0.3, -0.25) is 0 Å². The van der Waals surface area contributed by atoms with Crippen LogP contribution >= 0.6 is 23.2 Å². The standard InChI is InChI=1S/C19H15Cl2NO3/c1-2-24-19(23)15(11-22)9-14-10-17(21)6-7-18(14)25-12-13-4-3-5-16(20)8-13/h3-10H,2,12H2,1H3/b15-9+. The van der Waals surface area contributed by atoms with Crippen molar-refractivity contribution in [1.82, 2.24) is 0 Å². The maximum absolute atomic E-state index is 11.8. The topological polar surface area (TPSA) is 59.3 Å². The van der Waals surface area contributed by atoms with Gasteiger partial charge in [-0.05, 0) is 48.9 Å². The molecule has 0 N–H and O–H groups in total. The maximum atomic E-state index is 11.8. The van der Waals surface area contributed by atoms with E-state index in [1.165, 1.54) is 6.08 Å². The van der Waals surface area contributed by atoms with Crippen molar-refractivity contribution in [2.24, 2.45) is 0 Å². The molecule has 6 heteroatoms. The molecule has 0 unspecified atom stereocenters. The highest BCUT2D eigenvalue weighted by Crippen LogP contribution is 2.26. The number of nitriles is 1. The molecule has 4 nitrogen and oxygen atoms in total. The molecule has 2 aromatic rings. The SMILES string of the molecule is CCOC(=O)/C(C#N)=C/c1cc(Cl)ccc1OCc1cccc(Cl)c1. The van der Waals surface area contributed by atoms with E-state index in [1.54, 1.807) is 37.3 Å². The fourth-order valence-corrected chi connectivity index (χ4v) is 2.45. The molecule has 0 radical (unpaired) electrons. The summed E-state index contributed by atoms with van der Waals surface area (Å²) in [6, 6.07) is 14.1. The van der Waals surface area contributed by atoms with Crippen molar-refractivity contribution in [2.45, 2.75) is 13.5 Å². The van der Waals surface area contributed by atoms with Crippen LogP contribution in [-0.2, 0) is 16.1 Å². The van der Waals surface area contributed by atoms with E-state index >= 15 is 0 Å². The zero-order valence-corrected chi connectivity index (χ0v) is 15.0. The number of nitrogens with zero attached hydrogens (tertiary/aromatic N) is 1. The fraction of sp³-hybridized carbons (Fsp3) is 0.158. The van der Waals surface area contributed by atoms with E-state index in [0.29, 0.717) is 21.4 Å². The minimum atomic E-state index is -0.689. The average molecular weight is 376 g/mol. The van der Waals surface area contributed by atoms with Crippen LogP contribution in [0.5, 0.6) is 5.75 Å². The number of esters is 1. The Hall–Kier alpha value is -2.48. The van der Waals surface area contributed by atoms with Crippen LogP contribution in [0.15, 0.2) is 48.0 Å². The third-order valence-corrected chi connectivity index (χ3v) is 3.64. The molecule has 0 spiro atoms. The molecule has 0 saturated heterocycles. The van der Waals surface area contributed by atoms with Crippen molar-refractivity contribution in [2.75, 3.05) is 6.61 Å². The molecule has 2 rings (SSSR count). The smallest absolute Gasteiger partial charge is 0.348 e. The van der Waals surface area contributed by atoms with Gasteiger partial charge in [-0.1, -0.05) is 35.3 Å². The number of hydrogen-bond donors (Lipinski definition) is 0. The second-order valence-electron chi connectivity index (χ2n) is 4.99. The lowest BCUT2D eigenvalue weighted by molar-refractivity contribution is -0.137. The van der Waals surface area contributed by atoms with Crippen molar-refractivity contribution in [1.29, 1.82) is 5.26 Å². The quantitative estimate of drug-likeness (QED) is 0.403.